The monoisotopic (exact) mass is 395 g/mol. The molecule has 5 rings (SSSR count). The number of anilines is 1. The lowest BCUT2D eigenvalue weighted by Gasteiger charge is -2.39. The van der Waals surface area contributed by atoms with Crippen molar-refractivity contribution < 1.29 is 4.92 Å². The molecule has 0 aliphatic carbocycles. The number of para-hydroxylation sites is 1. The lowest BCUT2D eigenvalue weighted by atomic mass is 9.89. The van der Waals surface area contributed by atoms with Gasteiger partial charge in [0.25, 0.3) is 5.69 Å². The number of fused-ring (bicyclic) bond motifs is 2. The summed E-state index contributed by atoms with van der Waals surface area (Å²) >= 11 is 0. The van der Waals surface area contributed by atoms with Crippen LogP contribution in [0.5, 0.6) is 0 Å². The third kappa shape index (κ3) is 3.39. The summed E-state index contributed by atoms with van der Waals surface area (Å²) in [5.41, 5.74) is 5.83. The standard InChI is InChI=1S/C25H21N3O2/c29-28(30)22-13-11-21(12-14-22)27-16-15-18-5-1-3-7-23(18)25(27)17-20-10-9-19-6-2-4-8-24(19)26-20/h1-14,25H,15-17H2. The second-order valence-electron chi connectivity index (χ2n) is 7.63. The molecule has 2 heterocycles. The number of hydrogen-bond donors (Lipinski definition) is 0. The van der Waals surface area contributed by atoms with Crippen LogP contribution < -0.4 is 4.90 Å². The zero-order chi connectivity index (χ0) is 20.5. The Morgan fingerprint density at radius 1 is 0.933 bits per heavy atom. The SMILES string of the molecule is O=[N+]([O-])c1ccc(N2CCc3ccccc3C2Cc2ccc3ccccc3n2)cc1. The van der Waals surface area contributed by atoms with Gasteiger partial charge >= 0.3 is 0 Å². The zero-order valence-electron chi connectivity index (χ0n) is 16.4. The smallest absolute Gasteiger partial charge is 0.269 e. The molecule has 1 aliphatic heterocycles. The van der Waals surface area contributed by atoms with E-state index in [0.29, 0.717) is 0 Å². The number of nitrogens with zero attached hydrogens (tertiary/aromatic N) is 3. The van der Waals surface area contributed by atoms with Gasteiger partial charge in [0, 0.05) is 41.9 Å². The summed E-state index contributed by atoms with van der Waals surface area (Å²) in [6.07, 6.45) is 1.73. The van der Waals surface area contributed by atoms with Crippen molar-refractivity contribution in [3.63, 3.8) is 0 Å². The van der Waals surface area contributed by atoms with Crippen molar-refractivity contribution in [1.82, 2.24) is 4.98 Å². The van der Waals surface area contributed by atoms with Gasteiger partial charge in [-0.15, -0.1) is 0 Å². The number of hydrogen-bond acceptors (Lipinski definition) is 4. The van der Waals surface area contributed by atoms with Crippen molar-refractivity contribution in [2.45, 2.75) is 18.9 Å². The van der Waals surface area contributed by atoms with Crippen LogP contribution in [0.3, 0.4) is 0 Å². The van der Waals surface area contributed by atoms with E-state index in [9.17, 15) is 10.1 Å². The third-order valence-electron chi connectivity index (χ3n) is 5.86. The number of nitro benzene ring substituents is 1. The Morgan fingerprint density at radius 3 is 2.53 bits per heavy atom. The molecule has 5 heteroatoms. The summed E-state index contributed by atoms with van der Waals surface area (Å²) in [5.74, 6) is 0. The van der Waals surface area contributed by atoms with Crippen molar-refractivity contribution in [3.8, 4) is 0 Å². The molecule has 1 unspecified atom stereocenters. The first kappa shape index (κ1) is 18.3. The molecule has 1 aliphatic rings. The fourth-order valence-corrected chi connectivity index (χ4v) is 4.37. The van der Waals surface area contributed by atoms with Gasteiger partial charge in [-0.05, 0) is 41.8 Å². The largest absolute Gasteiger partial charge is 0.364 e. The van der Waals surface area contributed by atoms with Crippen LogP contribution in [0, 0.1) is 10.1 Å². The maximum absolute atomic E-state index is 11.0. The van der Waals surface area contributed by atoms with Gasteiger partial charge in [-0.1, -0.05) is 48.5 Å². The maximum Gasteiger partial charge on any atom is 0.269 e. The number of non-ortho nitro benzene ring substituents is 1. The third-order valence-corrected chi connectivity index (χ3v) is 5.86. The molecule has 1 aromatic heterocycles. The van der Waals surface area contributed by atoms with Crippen LogP contribution in [0.1, 0.15) is 22.9 Å². The first-order chi connectivity index (χ1) is 14.7. The van der Waals surface area contributed by atoms with Gasteiger partial charge in [0.05, 0.1) is 16.5 Å². The molecule has 0 saturated carbocycles. The summed E-state index contributed by atoms with van der Waals surface area (Å²) in [4.78, 5) is 17.9. The average Bonchev–Trinajstić information content (AvgIpc) is 2.79. The van der Waals surface area contributed by atoms with Gasteiger partial charge in [0.1, 0.15) is 0 Å². The summed E-state index contributed by atoms with van der Waals surface area (Å²) in [7, 11) is 0. The van der Waals surface area contributed by atoms with Crippen LogP contribution >= 0.6 is 0 Å². The van der Waals surface area contributed by atoms with Gasteiger partial charge < -0.3 is 4.90 Å². The highest BCUT2D eigenvalue weighted by atomic mass is 16.6. The summed E-state index contributed by atoms with van der Waals surface area (Å²) < 4.78 is 0. The Labute approximate surface area is 174 Å². The molecule has 3 aromatic carbocycles. The van der Waals surface area contributed by atoms with Gasteiger partial charge in [-0.3, -0.25) is 15.1 Å². The molecule has 0 spiro atoms. The second kappa shape index (κ2) is 7.59. The summed E-state index contributed by atoms with van der Waals surface area (Å²) in [6.45, 7) is 0.868. The minimum atomic E-state index is -0.355. The summed E-state index contributed by atoms with van der Waals surface area (Å²) in [6, 6.07) is 28.0. The molecule has 148 valence electrons. The molecule has 1 atom stereocenters. The first-order valence-electron chi connectivity index (χ1n) is 10.1. The number of benzene rings is 3. The molecule has 0 N–H and O–H groups in total. The molecule has 0 amide bonds. The van der Waals surface area contributed by atoms with Crippen molar-refractivity contribution in [2.24, 2.45) is 0 Å². The van der Waals surface area contributed by atoms with Crippen molar-refractivity contribution in [1.29, 1.82) is 0 Å². The van der Waals surface area contributed by atoms with E-state index in [1.54, 1.807) is 12.1 Å². The minimum Gasteiger partial charge on any atom is -0.364 e. The predicted octanol–water partition coefficient (Wildman–Crippen LogP) is 5.49. The molecule has 5 nitrogen and oxygen atoms in total. The molecule has 0 radical (unpaired) electrons. The molecule has 0 bridgehead atoms. The minimum absolute atomic E-state index is 0.115. The fourth-order valence-electron chi connectivity index (χ4n) is 4.37. The van der Waals surface area contributed by atoms with Crippen molar-refractivity contribution in [3.05, 3.63) is 112 Å². The highest BCUT2D eigenvalue weighted by molar-refractivity contribution is 5.78. The van der Waals surface area contributed by atoms with Crippen molar-refractivity contribution in [2.75, 3.05) is 11.4 Å². The van der Waals surface area contributed by atoms with E-state index in [2.05, 4.69) is 47.4 Å². The lowest BCUT2D eigenvalue weighted by Crippen LogP contribution is -2.36. The molecular formula is C25H21N3O2. The van der Waals surface area contributed by atoms with E-state index < -0.39 is 0 Å². The van der Waals surface area contributed by atoms with Crippen molar-refractivity contribution >= 4 is 22.3 Å². The average molecular weight is 395 g/mol. The molecule has 30 heavy (non-hydrogen) atoms. The highest BCUT2D eigenvalue weighted by Crippen LogP contribution is 2.36. The van der Waals surface area contributed by atoms with Gasteiger partial charge in [-0.2, -0.15) is 0 Å². The van der Waals surface area contributed by atoms with E-state index in [1.165, 1.54) is 11.1 Å². The zero-order valence-corrected chi connectivity index (χ0v) is 16.4. The van der Waals surface area contributed by atoms with E-state index in [-0.39, 0.29) is 16.7 Å². The predicted molar refractivity (Wildman–Crippen MR) is 119 cm³/mol. The normalized spacial score (nSPS) is 15.7. The number of rotatable bonds is 4. The Balaban J connectivity index is 1.53. The number of nitro groups is 1. The Hall–Kier alpha value is -3.73. The quantitative estimate of drug-likeness (QED) is 0.339. The van der Waals surface area contributed by atoms with Crippen LogP contribution in [0.2, 0.25) is 0 Å². The van der Waals surface area contributed by atoms with E-state index in [1.807, 2.05) is 30.3 Å². The van der Waals surface area contributed by atoms with Crippen LogP contribution in [-0.4, -0.2) is 16.5 Å². The van der Waals surface area contributed by atoms with Crippen LogP contribution in [0.15, 0.2) is 84.9 Å². The Morgan fingerprint density at radius 2 is 1.70 bits per heavy atom. The van der Waals surface area contributed by atoms with Gasteiger partial charge in [0.2, 0.25) is 0 Å². The van der Waals surface area contributed by atoms with Crippen LogP contribution in [-0.2, 0) is 12.8 Å². The first-order valence-corrected chi connectivity index (χ1v) is 10.1. The van der Waals surface area contributed by atoms with E-state index in [4.69, 9.17) is 4.98 Å². The van der Waals surface area contributed by atoms with E-state index in [0.717, 1.165) is 41.7 Å². The maximum atomic E-state index is 11.0. The van der Waals surface area contributed by atoms with Crippen LogP contribution in [0.25, 0.3) is 10.9 Å². The number of pyridine rings is 1. The van der Waals surface area contributed by atoms with Crippen LogP contribution in [0.4, 0.5) is 11.4 Å². The topological polar surface area (TPSA) is 59.3 Å². The number of aromatic nitrogens is 1. The highest BCUT2D eigenvalue weighted by Gasteiger charge is 2.28. The van der Waals surface area contributed by atoms with Gasteiger partial charge in [0.15, 0.2) is 0 Å². The molecule has 0 fully saturated rings. The van der Waals surface area contributed by atoms with Gasteiger partial charge in [-0.25, -0.2) is 0 Å². The lowest BCUT2D eigenvalue weighted by molar-refractivity contribution is -0.384. The fraction of sp³-hybridized carbons (Fsp3) is 0.160. The second-order valence-corrected chi connectivity index (χ2v) is 7.63. The molecule has 4 aromatic rings. The Kier molecular flexibility index (Phi) is 4.64. The molecular weight excluding hydrogens is 374 g/mol. The molecule has 0 saturated heterocycles. The van der Waals surface area contributed by atoms with E-state index >= 15 is 0 Å². The summed E-state index contributed by atoms with van der Waals surface area (Å²) in [5, 5.41) is 12.2. The Bertz CT molecular complexity index is 1220.